The lowest BCUT2D eigenvalue weighted by Crippen LogP contribution is -2.24. The van der Waals surface area contributed by atoms with E-state index in [1.807, 2.05) is 12.1 Å². The van der Waals surface area contributed by atoms with E-state index < -0.39 is 0 Å². The number of amides is 1. The van der Waals surface area contributed by atoms with E-state index in [-0.39, 0.29) is 11.9 Å². The highest BCUT2D eigenvalue weighted by Gasteiger charge is 2.17. The number of pyridine rings is 1. The van der Waals surface area contributed by atoms with Crippen LogP contribution in [-0.4, -0.2) is 24.0 Å². The molecular weight excluding hydrogens is 178 g/mol. The van der Waals surface area contributed by atoms with Crippen LogP contribution in [-0.2, 0) is 4.79 Å². The first-order chi connectivity index (χ1) is 6.86. The molecule has 1 fully saturated rings. The molecule has 2 heterocycles. The van der Waals surface area contributed by atoms with Crippen molar-refractivity contribution in [2.24, 2.45) is 0 Å². The van der Waals surface area contributed by atoms with Gasteiger partial charge in [-0.15, -0.1) is 0 Å². The Hall–Kier alpha value is -1.42. The fraction of sp³-hybridized carbons (Fsp3) is 0.400. The number of rotatable bonds is 1. The molecule has 0 spiro atoms. The van der Waals surface area contributed by atoms with Crippen molar-refractivity contribution in [3.8, 4) is 0 Å². The first-order valence-corrected chi connectivity index (χ1v) is 4.76. The molecule has 2 rings (SSSR count). The Labute approximate surface area is 82.7 Å². The Morgan fingerprint density at radius 2 is 2.07 bits per heavy atom. The van der Waals surface area contributed by atoms with Gasteiger partial charge in [0.05, 0.1) is 0 Å². The van der Waals surface area contributed by atoms with Gasteiger partial charge in [-0.1, -0.05) is 0 Å². The number of nitrogens with one attached hydrogen (secondary N) is 2. The number of carbonyl (C=O) groups is 1. The van der Waals surface area contributed by atoms with Gasteiger partial charge < -0.3 is 10.6 Å². The molecule has 1 saturated heterocycles. The predicted octanol–water partition coefficient (Wildman–Crippen LogP) is 0.232. The third kappa shape index (κ3) is 2.09. The van der Waals surface area contributed by atoms with Crippen LogP contribution in [0.2, 0.25) is 0 Å². The molecule has 14 heavy (non-hydrogen) atoms. The quantitative estimate of drug-likeness (QED) is 0.668. The highest BCUT2D eigenvalue weighted by atomic mass is 16.1. The minimum Gasteiger partial charge on any atom is -0.355 e. The van der Waals surface area contributed by atoms with Gasteiger partial charge in [-0.3, -0.25) is 9.78 Å². The monoisotopic (exact) mass is 191 g/mol. The largest absolute Gasteiger partial charge is 0.355 e. The van der Waals surface area contributed by atoms with Crippen molar-refractivity contribution < 1.29 is 4.79 Å². The maximum Gasteiger partial charge on any atom is 0.221 e. The summed E-state index contributed by atoms with van der Waals surface area (Å²) in [6.45, 7) is 1.53. The standard InChI is InChI=1S/C10H13N3O/c14-10-7-9(12-5-6-13-10)8-1-3-11-4-2-8/h1-4,9,12H,5-7H2,(H,13,14). The lowest BCUT2D eigenvalue weighted by Gasteiger charge is -2.13. The number of nitrogens with zero attached hydrogens (tertiary/aromatic N) is 1. The van der Waals surface area contributed by atoms with Gasteiger partial charge in [0.25, 0.3) is 0 Å². The second kappa shape index (κ2) is 4.19. The van der Waals surface area contributed by atoms with Gasteiger partial charge in [-0.2, -0.15) is 0 Å². The molecule has 0 bridgehead atoms. The van der Waals surface area contributed by atoms with Crippen molar-refractivity contribution in [2.45, 2.75) is 12.5 Å². The third-order valence-corrected chi connectivity index (χ3v) is 2.34. The molecular formula is C10H13N3O. The molecule has 0 saturated carbocycles. The lowest BCUT2D eigenvalue weighted by atomic mass is 10.1. The van der Waals surface area contributed by atoms with Crippen LogP contribution in [0.25, 0.3) is 0 Å². The second-order valence-electron chi connectivity index (χ2n) is 3.34. The summed E-state index contributed by atoms with van der Waals surface area (Å²) >= 11 is 0. The number of carbonyl (C=O) groups excluding carboxylic acids is 1. The molecule has 0 aromatic carbocycles. The average molecular weight is 191 g/mol. The molecule has 4 nitrogen and oxygen atoms in total. The SMILES string of the molecule is O=C1CC(c2ccncc2)NCCN1. The van der Waals surface area contributed by atoms with Gasteiger partial charge in [-0.05, 0) is 17.7 Å². The Bertz CT molecular complexity index is 312. The highest BCUT2D eigenvalue weighted by Crippen LogP contribution is 2.16. The number of hydrogen-bond donors (Lipinski definition) is 2. The topological polar surface area (TPSA) is 54.0 Å². The molecule has 1 unspecified atom stereocenters. The highest BCUT2D eigenvalue weighted by molar-refractivity contribution is 5.77. The zero-order chi connectivity index (χ0) is 9.80. The van der Waals surface area contributed by atoms with Crippen molar-refractivity contribution in [1.82, 2.24) is 15.6 Å². The summed E-state index contributed by atoms with van der Waals surface area (Å²) in [5, 5.41) is 6.14. The maximum atomic E-state index is 11.3. The molecule has 0 radical (unpaired) electrons. The number of hydrogen-bond acceptors (Lipinski definition) is 3. The van der Waals surface area contributed by atoms with Crippen molar-refractivity contribution in [3.63, 3.8) is 0 Å². The number of aromatic nitrogens is 1. The van der Waals surface area contributed by atoms with Crippen LogP contribution in [0.4, 0.5) is 0 Å². The lowest BCUT2D eigenvalue weighted by molar-refractivity contribution is -0.121. The van der Waals surface area contributed by atoms with E-state index in [1.165, 1.54) is 0 Å². The zero-order valence-electron chi connectivity index (χ0n) is 7.86. The molecule has 1 aliphatic heterocycles. The van der Waals surface area contributed by atoms with Crippen molar-refractivity contribution >= 4 is 5.91 Å². The minimum absolute atomic E-state index is 0.108. The van der Waals surface area contributed by atoms with Gasteiger partial charge >= 0.3 is 0 Å². The summed E-state index contributed by atoms with van der Waals surface area (Å²) < 4.78 is 0. The summed E-state index contributed by atoms with van der Waals surface area (Å²) in [6.07, 6.45) is 4.00. The molecule has 1 aromatic heterocycles. The van der Waals surface area contributed by atoms with E-state index in [0.717, 1.165) is 12.1 Å². The van der Waals surface area contributed by atoms with Gasteiger partial charge in [0.15, 0.2) is 0 Å². The summed E-state index contributed by atoms with van der Waals surface area (Å²) in [6, 6.07) is 4.01. The molecule has 0 aliphatic carbocycles. The van der Waals surface area contributed by atoms with E-state index in [9.17, 15) is 4.79 Å². The van der Waals surface area contributed by atoms with Crippen LogP contribution in [0.1, 0.15) is 18.0 Å². The minimum atomic E-state index is 0.108. The average Bonchev–Trinajstić information content (AvgIpc) is 2.44. The molecule has 74 valence electrons. The maximum absolute atomic E-state index is 11.3. The fourth-order valence-corrected chi connectivity index (χ4v) is 1.61. The molecule has 1 aliphatic rings. The Kier molecular flexibility index (Phi) is 2.74. The van der Waals surface area contributed by atoms with E-state index in [1.54, 1.807) is 12.4 Å². The molecule has 4 heteroatoms. The molecule has 1 amide bonds. The summed E-state index contributed by atoms with van der Waals surface area (Å²) in [5.74, 6) is 0.108. The van der Waals surface area contributed by atoms with Gasteiger partial charge in [0.1, 0.15) is 0 Å². The van der Waals surface area contributed by atoms with Crippen molar-refractivity contribution in [2.75, 3.05) is 13.1 Å². The Morgan fingerprint density at radius 1 is 1.29 bits per heavy atom. The van der Waals surface area contributed by atoms with Crippen LogP contribution in [0.15, 0.2) is 24.5 Å². The molecule has 1 atom stereocenters. The van der Waals surface area contributed by atoms with Crippen LogP contribution in [0, 0.1) is 0 Å². The fourth-order valence-electron chi connectivity index (χ4n) is 1.61. The van der Waals surface area contributed by atoms with E-state index in [2.05, 4.69) is 15.6 Å². The summed E-state index contributed by atoms with van der Waals surface area (Å²) in [7, 11) is 0. The van der Waals surface area contributed by atoms with Gasteiger partial charge in [-0.25, -0.2) is 0 Å². The molecule has 1 aromatic rings. The van der Waals surface area contributed by atoms with Crippen LogP contribution >= 0.6 is 0 Å². The summed E-state index contributed by atoms with van der Waals surface area (Å²) in [5.41, 5.74) is 1.12. The molecule has 2 N–H and O–H groups in total. The van der Waals surface area contributed by atoms with Crippen LogP contribution < -0.4 is 10.6 Å². The summed E-state index contributed by atoms with van der Waals surface area (Å²) in [4.78, 5) is 15.3. The van der Waals surface area contributed by atoms with Gasteiger partial charge in [0.2, 0.25) is 5.91 Å². The smallest absolute Gasteiger partial charge is 0.221 e. The van der Waals surface area contributed by atoms with E-state index in [0.29, 0.717) is 13.0 Å². The van der Waals surface area contributed by atoms with Crippen molar-refractivity contribution in [3.05, 3.63) is 30.1 Å². The Balaban J connectivity index is 2.13. The normalized spacial score (nSPS) is 22.6. The second-order valence-corrected chi connectivity index (χ2v) is 3.34. The Morgan fingerprint density at radius 3 is 2.86 bits per heavy atom. The third-order valence-electron chi connectivity index (χ3n) is 2.34. The predicted molar refractivity (Wildman–Crippen MR) is 52.6 cm³/mol. The van der Waals surface area contributed by atoms with Crippen molar-refractivity contribution in [1.29, 1.82) is 0 Å². The first kappa shape index (κ1) is 9.15. The van der Waals surface area contributed by atoms with Crippen LogP contribution in [0.5, 0.6) is 0 Å². The zero-order valence-corrected chi connectivity index (χ0v) is 7.86. The van der Waals surface area contributed by atoms with Gasteiger partial charge in [0, 0.05) is 37.9 Å². The van der Waals surface area contributed by atoms with Crippen LogP contribution in [0.3, 0.4) is 0 Å². The van der Waals surface area contributed by atoms with E-state index in [4.69, 9.17) is 0 Å². The van der Waals surface area contributed by atoms with E-state index >= 15 is 0 Å². The first-order valence-electron chi connectivity index (χ1n) is 4.76.